The molecule has 2 rings (SSSR count). The van der Waals surface area contributed by atoms with E-state index in [4.69, 9.17) is 9.47 Å². The van der Waals surface area contributed by atoms with Crippen LogP contribution in [0.2, 0.25) is 0 Å². The highest BCUT2D eigenvalue weighted by Gasteiger charge is 2.48. The third-order valence-electron chi connectivity index (χ3n) is 5.75. The van der Waals surface area contributed by atoms with Crippen LogP contribution in [0.4, 0.5) is 0 Å². The van der Waals surface area contributed by atoms with Crippen molar-refractivity contribution in [1.82, 2.24) is 0 Å². The highest BCUT2D eigenvalue weighted by molar-refractivity contribution is 5.93. The lowest BCUT2D eigenvalue weighted by Crippen LogP contribution is -2.46. The summed E-state index contributed by atoms with van der Waals surface area (Å²) in [6, 6.07) is 3.35. The molecule has 2 N–H and O–H groups in total. The highest BCUT2D eigenvalue weighted by atomic mass is 16.6. The fourth-order valence-electron chi connectivity index (χ4n) is 3.80. The predicted octanol–water partition coefficient (Wildman–Crippen LogP) is 3.26. The van der Waals surface area contributed by atoms with Crippen LogP contribution in [0.1, 0.15) is 94.6 Å². The Morgan fingerprint density at radius 3 is 2.32 bits per heavy atom. The largest absolute Gasteiger partial charge is 0.463 e. The van der Waals surface area contributed by atoms with Gasteiger partial charge in [-0.15, -0.1) is 0 Å². The van der Waals surface area contributed by atoms with Gasteiger partial charge in [0.05, 0.1) is 5.56 Å². The maximum absolute atomic E-state index is 12.0. The first-order valence-corrected chi connectivity index (χ1v) is 11.6. The topological polar surface area (TPSA) is 96.9 Å². The molecule has 0 aliphatic carbocycles. The van der Waals surface area contributed by atoms with Crippen molar-refractivity contribution < 1.29 is 33.8 Å². The van der Waals surface area contributed by atoms with Gasteiger partial charge in [-0.05, 0) is 19.4 Å². The van der Waals surface area contributed by atoms with Gasteiger partial charge in [0.2, 0.25) is 0 Å². The summed E-state index contributed by atoms with van der Waals surface area (Å²) in [6.45, 7) is 3.56. The standard InChI is InChI=1S/C24H38NO6/c1-3-4-5-6-7-8-9-10-11-14-21(27)30-17-20-22(28)23(29)24(31-20)25-15-12-13-19(16-25)18(2)26/h12-13,15-16,20,22-24,28-29H,3-11,14,17H2,1-2H3/q+1/t20-,22-,23-,24-/m1/s1. The van der Waals surface area contributed by atoms with Crippen LogP contribution < -0.4 is 4.57 Å². The zero-order chi connectivity index (χ0) is 22.6. The second-order valence-corrected chi connectivity index (χ2v) is 8.40. The van der Waals surface area contributed by atoms with Crippen LogP contribution in [0.25, 0.3) is 0 Å². The first kappa shape index (κ1) is 25.4. The summed E-state index contributed by atoms with van der Waals surface area (Å²) in [5, 5.41) is 20.6. The molecule has 0 aromatic carbocycles. The first-order valence-electron chi connectivity index (χ1n) is 11.6. The molecule has 0 spiro atoms. The van der Waals surface area contributed by atoms with Gasteiger partial charge in [0.1, 0.15) is 18.8 Å². The molecule has 174 valence electrons. The van der Waals surface area contributed by atoms with Crippen molar-refractivity contribution >= 4 is 11.8 Å². The van der Waals surface area contributed by atoms with Gasteiger partial charge < -0.3 is 19.7 Å². The Labute approximate surface area is 185 Å². The van der Waals surface area contributed by atoms with Gasteiger partial charge in [-0.25, -0.2) is 0 Å². The number of carbonyl (C=O) groups excluding carboxylic acids is 2. The van der Waals surface area contributed by atoms with Gasteiger partial charge >= 0.3 is 5.97 Å². The molecule has 1 aliphatic rings. The predicted molar refractivity (Wildman–Crippen MR) is 115 cm³/mol. The molecule has 7 nitrogen and oxygen atoms in total. The Balaban J connectivity index is 1.67. The zero-order valence-electron chi connectivity index (χ0n) is 18.9. The van der Waals surface area contributed by atoms with Crippen molar-refractivity contribution in [3.05, 3.63) is 30.1 Å². The minimum atomic E-state index is -1.19. The second kappa shape index (κ2) is 13.6. The van der Waals surface area contributed by atoms with Crippen molar-refractivity contribution in [3.8, 4) is 0 Å². The lowest BCUT2D eigenvalue weighted by molar-refractivity contribution is -0.765. The van der Waals surface area contributed by atoms with Gasteiger partial charge in [0.25, 0.3) is 6.23 Å². The molecule has 2 heterocycles. The first-order chi connectivity index (χ1) is 14.9. The molecule has 0 saturated carbocycles. The number of rotatable bonds is 14. The fraction of sp³-hybridized carbons (Fsp3) is 0.708. The lowest BCUT2D eigenvalue weighted by Gasteiger charge is -2.13. The van der Waals surface area contributed by atoms with Crippen LogP contribution in [-0.4, -0.2) is 46.9 Å². The molecule has 0 unspecified atom stereocenters. The minimum Gasteiger partial charge on any atom is -0.463 e. The Morgan fingerprint density at radius 1 is 1.03 bits per heavy atom. The quantitative estimate of drug-likeness (QED) is 0.201. The number of esters is 1. The maximum atomic E-state index is 12.0. The third kappa shape index (κ3) is 8.31. The molecule has 1 saturated heterocycles. The molecule has 1 aromatic rings. The number of unbranched alkanes of at least 4 members (excludes halogenated alkanes) is 8. The smallest absolute Gasteiger partial charge is 0.305 e. The average Bonchev–Trinajstić information content (AvgIpc) is 3.05. The number of ketones is 1. The fourth-order valence-corrected chi connectivity index (χ4v) is 3.80. The molecule has 4 atom stereocenters. The summed E-state index contributed by atoms with van der Waals surface area (Å²) in [5.74, 6) is -0.424. The summed E-state index contributed by atoms with van der Waals surface area (Å²) in [7, 11) is 0. The molecule has 1 aliphatic heterocycles. The third-order valence-corrected chi connectivity index (χ3v) is 5.75. The lowest BCUT2D eigenvalue weighted by atomic mass is 10.1. The number of nitrogens with zero attached hydrogens (tertiary/aromatic N) is 1. The number of aromatic nitrogens is 1. The number of pyridine rings is 1. The SMILES string of the molecule is CCCCCCCCCCCC(=O)OC[C@H]1O[C@@H]([n+]2cccc(C(C)=O)c2)[C@H](O)[C@@H]1O. The van der Waals surface area contributed by atoms with Gasteiger partial charge in [0, 0.05) is 12.5 Å². The van der Waals surface area contributed by atoms with E-state index in [-0.39, 0.29) is 18.4 Å². The Hall–Kier alpha value is -1.83. The number of hydrogen-bond acceptors (Lipinski definition) is 6. The van der Waals surface area contributed by atoms with E-state index >= 15 is 0 Å². The molecule has 0 amide bonds. The summed E-state index contributed by atoms with van der Waals surface area (Å²) in [6.07, 6.45) is 10.1. The summed E-state index contributed by atoms with van der Waals surface area (Å²) >= 11 is 0. The summed E-state index contributed by atoms with van der Waals surface area (Å²) in [5.41, 5.74) is 0.476. The Bertz CT molecular complexity index is 694. The van der Waals surface area contributed by atoms with E-state index in [0.717, 1.165) is 19.3 Å². The number of Topliss-reactive ketones (excluding diaryl/α,β-unsaturated/α-hetero) is 1. The zero-order valence-corrected chi connectivity index (χ0v) is 18.9. The van der Waals surface area contributed by atoms with Crippen LogP contribution in [0.3, 0.4) is 0 Å². The van der Waals surface area contributed by atoms with Gasteiger partial charge in [-0.3, -0.25) is 9.59 Å². The van der Waals surface area contributed by atoms with E-state index in [9.17, 15) is 19.8 Å². The van der Waals surface area contributed by atoms with Crippen LogP contribution in [0.15, 0.2) is 24.5 Å². The molecule has 1 aromatic heterocycles. The van der Waals surface area contributed by atoms with E-state index in [1.54, 1.807) is 29.1 Å². The molecule has 1 fully saturated rings. The molecular formula is C24H38NO6+. The van der Waals surface area contributed by atoms with E-state index in [2.05, 4.69) is 6.92 Å². The Kier molecular flexibility index (Phi) is 11.1. The summed E-state index contributed by atoms with van der Waals surface area (Å²) < 4.78 is 12.5. The molecule has 0 radical (unpaired) electrons. The van der Waals surface area contributed by atoms with Crippen LogP contribution >= 0.6 is 0 Å². The van der Waals surface area contributed by atoms with E-state index < -0.39 is 24.5 Å². The Morgan fingerprint density at radius 2 is 1.68 bits per heavy atom. The van der Waals surface area contributed by atoms with Crippen molar-refractivity contribution in [2.45, 2.75) is 103 Å². The maximum Gasteiger partial charge on any atom is 0.305 e. The van der Waals surface area contributed by atoms with Crippen molar-refractivity contribution in [1.29, 1.82) is 0 Å². The number of hydrogen-bond donors (Lipinski definition) is 2. The molecule has 0 bridgehead atoms. The van der Waals surface area contributed by atoms with Crippen LogP contribution in [0.5, 0.6) is 0 Å². The van der Waals surface area contributed by atoms with Crippen molar-refractivity contribution in [3.63, 3.8) is 0 Å². The number of aliphatic hydroxyl groups is 2. The van der Waals surface area contributed by atoms with Crippen LogP contribution in [0, 0.1) is 0 Å². The minimum absolute atomic E-state index is 0.107. The number of ether oxygens (including phenoxy) is 2. The number of carbonyl (C=O) groups is 2. The average molecular weight is 437 g/mol. The van der Waals surface area contributed by atoms with E-state index in [1.165, 1.54) is 45.4 Å². The van der Waals surface area contributed by atoms with Gasteiger partial charge in [0.15, 0.2) is 24.3 Å². The van der Waals surface area contributed by atoms with Crippen LogP contribution in [-0.2, 0) is 14.3 Å². The van der Waals surface area contributed by atoms with Crippen molar-refractivity contribution in [2.75, 3.05) is 6.61 Å². The molecular weight excluding hydrogens is 398 g/mol. The highest BCUT2D eigenvalue weighted by Crippen LogP contribution is 2.26. The van der Waals surface area contributed by atoms with Crippen molar-refractivity contribution in [2.24, 2.45) is 0 Å². The normalized spacial score (nSPS) is 23.1. The van der Waals surface area contributed by atoms with Gasteiger partial charge in [-0.1, -0.05) is 58.3 Å². The van der Waals surface area contributed by atoms with Gasteiger partial charge in [-0.2, -0.15) is 4.57 Å². The number of aliphatic hydroxyl groups excluding tert-OH is 2. The monoisotopic (exact) mass is 436 g/mol. The molecule has 7 heteroatoms. The van der Waals surface area contributed by atoms with E-state index in [0.29, 0.717) is 12.0 Å². The molecule has 31 heavy (non-hydrogen) atoms. The van der Waals surface area contributed by atoms with E-state index in [1.807, 2.05) is 0 Å². The summed E-state index contributed by atoms with van der Waals surface area (Å²) in [4.78, 5) is 23.6. The second-order valence-electron chi connectivity index (χ2n) is 8.40.